The molecule has 0 amide bonds. The Morgan fingerprint density at radius 1 is 1.02 bits per heavy atom. The van der Waals surface area contributed by atoms with E-state index < -0.39 is 11.9 Å². The van der Waals surface area contributed by atoms with Crippen LogP contribution in [0.4, 0.5) is 11.4 Å². The van der Waals surface area contributed by atoms with E-state index in [1.54, 1.807) is 19.1 Å². The number of hydrogen-bond acceptors (Lipinski definition) is 9. The van der Waals surface area contributed by atoms with Crippen LogP contribution in [0.3, 0.4) is 0 Å². The summed E-state index contributed by atoms with van der Waals surface area (Å²) in [5.74, 6) is -0.455. The highest BCUT2D eigenvalue weighted by Crippen LogP contribution is 2.38. The number of nitrogens with zero attached hydrogens (tertiary/aromatic N) is 6. The van der Waals surface area contributed by atoms with Gasteiger partial charge in [0.15, 0.2) is 5.79 Å². The largest absolute Gasteiger partial charge is 0.475 e. The Morgan fingerprint density at radius 2 is 1.70 bits per heavy atom. The fourth-order valence-corrected chi connectivity index (χ4v) is 6.61. The van der Waals surface area contributed by atoms with Crippen molar-refractivity contribution in [2.75, 3.05) is 49.2 Å². The van der Waals surface area contributed by atoms with Crippen molar-refractivity contribution in [2.45, 2.75) is 51.2 Å². The number of anilines is 2. The number of rotatable bonds is 10. The van der Waals surface area contributed by atoms with Gasteiger partial charge in [-0.25, -0.2) is 19.0 Å². The van der Waals surface area contributed by atoms with Gasteiger partial charge in [0.25, 0.3) is 0 Å². The summed E-state index contributed by atoms with van der Waals surface area (Å²) in [5, 5.41) is 15.3. The van der Waals surface area contributed by atoms with Crippen molar-refractivity contribution in [3.8, 4) is 11.6 Å². The normalized spacial score (nSPS) is 21.4. The highest BCUT2D eigenvalue weighted by molar-refractivity contribution is 6.35. The van der Waals surface area contributed by atoms with E-state index in [4.69, 9.17) is 37.4 Å². The Morgan fingerprint density at radius 3 is 2.33 bits per heavy atom. The molecule has 0 aliphatic carbocycles. The van der Waals surface area contributed by atoms with Crippen molar-refractivity contribution >= 4 is 34.6 Å². The lowest BCUT2D eigenvalue weighted by molar-refractivity contribution is -0.164. The molecule has 13 heteroatoms. The van der Waals surface area contributed by atoms with Gasteiger partial charge < -0.3 is 29.1 Å². The zero-order valence-corrected chi connectivity index (χ0v) is 27.6. The molecule has 2 aliphatic rings. The molecule has 2 aliphatic heterocycles. The maximum Gasteiger partial charge on any atom is 0.350 e. The smallest absolute Gasteiger partial charge is 0.350 e. The van der Waals surface area contributed by atoms with Gasteiger partial charge in [0.2, 0.25) is 5.88 Å². The molecule has 2 aromatic heterocycles. The van der Waals surface area contributed by atoms with Crippen LogP contribution in [0, 0.1) is 0 Å². The standard InChI is InChI=1S/C33H38Cl2N6O5/c1-4-30(22(2)42)41-32(43)40(21-37-41)25-8-6-24(7-9-25)38-13-15-39(16-14-38)26-10-12-31(36-18-26)44-19-27-20-45-33(3,46-27)28-11-5-23(34)17-29(28)35/h5-12,17-18,21-22,27,30,42H,4,13-16,19-20H2,1-3H3/t22-,27-,30-,33-/m0/s1. The van der Waals surface area contributed by atoms with Crippen LogP contribution in [0.15, 0.2) is 71.9 Å². The second kappa shape index (κ2) is 13.6. The highest BCUT2D eigenvalue weighted by Gasteiger charge is 2.40. The van der Waals surface area contributed by atoms with E-state index in [-0.39, 0.29) is 17.8 Å². The van der Waals surface area contributed by atoms with Gasteiger partial charge in [-0.2, -0.15) is 5.10 Å². The Bertz CT molecular complexity index is 1690. The summed E-state index contributed by atoms with van der Waals surface area (Å²) in [4.78, 5) is 22.1. The Hall–Kier alpha value is -3.61. The van der Waals surface area contributed by atoms with Gasteiger partial charge in [-0.15, -0.1) is 0 Å². The lowest BCUT2D eigenvalue weighted by atomic mass is 10.1. The third kappa shape index (κ3) is 6.74. The maximum absolute atomic E-state index is 12.9. The highest BCUT2D eigenvalue weighted by atomic mass is 35.5. The molecule has 0 spiro atoms. The molecular formula is C33H38Cl2N6O5. The Balaban J connectivity index is 0.994. The molecule has 0 saturated carbocycles. The van der Waals surface area contributed by atoms with E-state index >= 15 is 0 Å². The third-order valence-electron chi connectivity index (χ3n) is 8.62. The second-order valence-corrected chi connectivity index (χ2v) is 12.6. The Labute approximate surface area is 277 Å². The van der Waals surface area contributed by atoms with Crippen LogP contribution in [0.25, 0.3) is 5.69 Å². The molecule has 0 unspecified atom stereocenters. The van der Waals surface area contributed by atoms with E-state index in [9.17, 15) is 9.90 Å². The van der Waals surface area contributed by atoms with Crippen molar-refractivity contribution < 1.29 is 19.3 Å². The number of aliphatic hydroxyl groups excluding tert-OH is 1. The number of pyridine rings is 1. The zero-order chi connectivity index (χ0) is 32.4. The molecule has 244 valence electrons. The van der Waals surface area contributed by atoms with Crippen molar-refractivity contribution in [3.63, 3.8) is 0 Å². The number of piperazine rings is 1. The number of benzene rings is 2. The molecule has 11 nitrogen and oxygen atoms in total. The molecule has 0 radical (unpaired) electrons. The predicted molar refractivity (Wildman–Crippen MR) is 178 cm³/mol. The molecule has 4 heterocycles. The average molecular weight is 670 g/mol. The minimum atomic E-state index is -0.973. The summed E-state index contributed by atoms with van der Waals surface area (Å²) in [6.07, 6.45) is 3.02. The molecule has 46 heavy (non-hydrogen) atoms. The number of aliphatic hydroxyl groups is 1. The fraction of sp³-hybridized carbons (Fsp3) is 0.424. The van der Waals surface area contributed by atoms with Crippen molar-refractivity contribution in [3.05, 3.63) is 93.2 Å². The number of hydrogen-bond donors (Lipinski definition) is 1. The minimum Gasteiger partial charge on any atom is -0.475 e. The molecule has 0 bridgehead atoms. The van der Waals surface area contributed by atoms with Crippen LogP contribution < -0.4 is 20.2 Å². The van der Waals surface area contributed by atoms with Crippen molar-refractivity contribution in [1.82, 2.24) is 19.3 Å². The van der Waals surface area contributed by atoms with E-state index in [1.807, 2.05) is 62.5 Å². The lowest BCUT2D eigenvalue weighted by Crippen LogP contribution is -2.46. The zero-order valence-electron chi connectivity index (χ0n) is 26.1. The first-order valence-electron chi connectivity index (χ1n) is 15.5. The van der Waals surface area contributed by atoms with Crippen molar-refractivity contribution in [1.29, 1.82) is 0 Å². The van der Waals surface area contributed by atoms with Gasteiger partial charge in [-0.3, -0.25) is 0 Å². The minimum absolute atomic E-state index is 0.262. The molecule has 2 fully saturated rings. The molecular weight excluding hydrogens is 631 g/mol. The summed E-state index contributed by atoms with van der Waals surface area (Å²) in [7, 11) is 0. The van der Waals surface area contributed by atoms with E-state index in [1.165, 1.54) is 15.6 Å². The van der Waals surface area contributed by atoms with E-state index in [0.29, 0.717) is 35.6 Å². The third-order valence-corrected chi connectivity index (χ3v) is 9.16. The van der Waals surface area contributed by atoms with Crippen LogP contribution in [-0.2, 0) is 15.3 Å². The average Bonchev–Trinajstić information content (AvgIpc) is 3.63. The summed E-state index contributed by atoms with van der Waals surface area (Å²) < 4.78 is 20.9. The number of aromatic nitrogens is 4. The predicted octanol–water partition coefficient (Wildman–Crippen LogP) is 5.06. The first kappa shape index (κ1) is 32.3. The van der Waals surface area contributed by atoms with Gasteiger partial charge >= 0.3 is 5.69 Å². The molecule has 2 saturated heterocycles. The number of halogens is 2. The quantitative estimate of drug-likeness (QED) is 0.248. The summed E-state index contributed by atoms with van der Waals surface area (Å²) in [6, 6.07) is 16.7. The summed E-state index contributed by atoms with van der Waals surface area (Å²) in [6.45, 7) is 9.47. The van der Waals surface area contributed by atoms with E-state index in [2.05, 4.69) is 19.9 Å². The molecule has 4 atom stereocenters. The first-order chi connectivity index (χ1) is 22.1. The van der Waals surface area contributed by atoms with Crippen LogP contribution in [0.2, 0.25) is 10.0 Å². The van der Waals surface area contributed by atoms with Crippen molar-refractivity contribution in [2.24, 2.45) is 0 Å². The Kier molecular flexibility index (Phi) is 9.58. The summed E-state index contributed by atoms with van der Waals surface area (Å²) >= 11 is 12.4. The van der Waals surface area contributed by atoms with Crippen LogP contribution in [-0.4, -0.2) is 76.0 Å². The van der Waals surface area contributed by atoms with Crippen LogP contribution >= 0.6 is 23.2 Å². The van der Waals surface area contributed by atoms with Crippen LogP contribution in [0.1, 0.15) is 38.8 Å². The fourth-order valence-electron chi connectivity index (χ4n) is 6.03. The van der Waals surface area contributed by atoms with E-state index in [0.717, 1.165) is 48.8 Å². The monoisotopic (exact) mass is 668 g/mol. The lowest BCUT2D eigenvalue weighted by Gasteiger charge is -2.37. The topological polar surface area (TPSA) is 107 Å². The summed E-state index contributed by atoms with van der Waals surface area (Å²) in [5.41, 5.74) is 3.32. The van der Waals surface area contributed by atoms with Crippen LogP contribution in [0.5, 0.6) is 5.88 Å². The van der Waals surface area contributed by atoms with Gasteiger partial charge in [0, 0.05) is 48.5 Å². The molecule has 6 rings (SSSR count). The number of ether oxygens (including phenoxy) is 3. The molecule has 1 N–H and O–H groups in total. The molecule has 2 aromatic carbocycles. The molecule has 4 aromatic rings. The van der Waals surface area contributed by atoms with Gasteiger partial charge in [0.1, 0.15) is 19.0 Å². The SMILES string of the molecule is CC[C@@H]([C@H](C)O)n1ncn(-c2ccc(N3CCN(c4ccc(OC[C@H]5CO[C@](C)(c6ccc(Cl)cc6Cl)O5)nc4)CC3)cc2)c1=O. The second-order valence-electron chi connectivity index (χ2n) is 11.7. The maximum atomic E-state index is 12.9. The van der Waals surface area contributed by atoms with Gasteiger partial charge in [0.05, 0.1) is 41.3 Å². The van der Waals surface area contributed by atoms with Gasteiger partial charge in [-0.1, -0.05) is 36.2 Å². The van der Waals surface area contributed by atoms with Gasteiger partial charge in [-0.05, 0) is 62.7 Å². The first-order valence-corrected chi connectivity index (χ1v) is 16.2.